The fourth-order valence-corrected chi connectivity index (χ4v) is 3.04. The van der Waals surface area contributed by atoms with Crippen molar-refractivity contribution in [2.75, 3.05) is 13.1 Å². The molecule has 0 aromatic carbocycles. The molecule has 0 spiro atoms. The van der Waals surface area contributed by atoms with E-state index in [0.29, 0.717) is 24.4 Å². The van der Waals surface area contributed by atoms with E-state index in [1.165, 1.54) is 17.2 Å². The van der Waals surface area contributed by atoms with E-state index in [4.69, 9.17) is 11.6 Å². The quantitative estimate of drug-likeness (QED) is 0.880. The van der Waals surface area contributed by atoms with Crippen LogP contribution in [0.3, 0.4) is 0 Å². The summed E-state index contributed by atoms with van der Waals surface area (Å²) in [6, 6.07) is 3.08. The fourth-order valence-electron chi connectivity index (χ4n) is 2.93. The van der Waals surface area contributed by atoms with Gasteiger partial charge in [-0.25, -0.2) is 4.98 Å². The van der Waals surface area contributed by atoms with Crippen molar-refractivity contribution in [2.45, 2.75) is 32.3 Å². The van der Waals surface area contributed by atoms with Crippen LogP contribution in [0, 0.1) is 5.41 Å². The Balaban J connectivity index is 2.24. The van der Waals surface area contributed by atoms with Gasteiger partial charge in [0.25, 0.3) is 5.91 Å². The molecule has 0 unspecified atom stereocenters. The molecule has 0 aliphatic carbocycles. The zero-order valence-electron chi connectivity index (χ0n) is 12.3. The summed E-state index contributed by atoms with van der Waals surface area (Å²) in [6.45, 7) is 2.16. The van der Waals surface area contributed by atoms with Crippen LogP contribution in [-0.2, 0) is 4.79 Å². The van der Waals surface area contributed by atoms with Gasteiger partial charge in [0.1, 0.15) is 11.1 Å². The van der Waals surface area contributed by atoms with E-state index >= 15 is 0 Å². The Morgan fingerprint density at radius 3 is 2.77 bits per heavy atom. The number of hydrogen-bond acceptors (Lipinski definition) is 4. The van der Waals surface area contributed by atoms with Crippen LogP contribution >= 0.6 is 11.6 Å². The van der Waals surface area contributed by atoms with Crippen molar-refractivity contribution in [3.8, 4) is 0 Å². The van der Waals surface area contributed by atoms with Crippen LogP contribution in [-0.4, -0.2) is 51.2 Å². The molecule has 120 valence electrons. The van der Waals surface area contributed by atoms with Crippen molar-refractivity contribution in [3.05, 3.63) is 29.0 Å². The van der Waals surface area contributed by atoms with E-state index in [9.17, 15) is 19.8 Å². The number of carboxylic acids is 1. The number of aliphatic hydroxyl groups excluding tert-OH is 1. The number of rotatable bonds is 4. The van der Waals surface area contributed by atoms with Gasteiger partial charge in [-0.1, -0.05) is 24.9 Å². The number of carbonyl (C=O) groups excluding carboxylic acids is 1. The minimum Gasteiger partial charge on any atom is -0.481 e. The number of carboxylic acid groups (broad SMARTS) is 1. The zero-order valence-corrected chi connectivity index (χ0v) is 13.1. The van der Waals surface area contributed by atoms with Gasteiger partial charge in [-0.05, 0) is 25.0 Å². The second kappa shape index (κ2) is 6.62. The van der Waals surface area contributed by atoms with E-state index in [0.717, 1.165) is 0 Å². The molecule has 0 bridgehead atoms. The normalized spacial score (nSPS) is 25.0. The monoisotopic (exact) mass is 326 g/mol. The molecule has 2 atom stereocenters. The Bertz CT molecular complexity index is 563. The average Bonchev–Trinajstić information content (AvgIpc) is 2.49. The highest BCUT2D eigenvalue weighted by Gasteiger charge is 2.49. The smallest absolute Gasteiger partial charge is 0.314 e. The summed E-state index contributed by atoms with van der Waals surface area (Å²) >= 11 is 5.75. The van der Waals surface area contributed by atoms with Gasteiger partial charge in [0.15, 0.2) is 0 Å². The summed E-state index contributed by atoms with van der Waals surface area (Å²) in [5, 5.41) is 20.2. The van der Waals surface area contributed by atoms with Crippen molar-refractivity contribution in [1.82, 2.24) is 9.88 Å². The molecule has 2 heterocycles. The maximum atomic E-state index is 12.5. The van der Waals surface area contributed by atoms with Crippen LogP contribution < -0.4 is 0 Å². The molecule has 1 aromatic heterocycles. The lowest BCUT2D eigenvalue weighted by molar-refractivity contribution is -0.162. The van der Waals surface area contributed by atoms with Gasteiger partial charge in [-0.15, -0.1) is 0 Å². The molecule has 22 heavy (non-hydrogen) atoms. The molecule has 6 nitrogen and oxygen atoms in total. The standard InChI is InChI=1S/C15H19ClN2O4/c1-2-6-15(14(21)22)9-18(7-5-12(15)19)13(20)11-4-3-10(16)8-17-11/h3-4,8,12,19H,2,5-7,9H2,1H3,(H,21,22)/t12-,15-/m1/s1. The van der Waals surface area contributed by atoms with Crippen LogP contribution in [0.25, 0.3) is 0 Å². The molecule has 7 heteroatoms. The highest BCUT2D eigenvalue weighted by atomic mass is 35.5. The molecule has 1 aromatic rings. The number of piperidine rings is 1. The second-order valence-electron chi connectivity index (χ2n) is 5.60. The van der Waals surface area contributed by atoms with E-state index in [1.54, 1.807) is 6.07 Å². The summed E-state index contributed by atoms with van der Waals surface area (Å²) in [5.41, 5.74) is -1.09. The number of nitrogens with zero attached hydrogens (tertiary/aromatic N) is 2. The molecule has 1 saturated heterocycles. The Labute approximate surface area is 133 Å². The fraction of sp³-hybridized carbons (Fsp3) is 0.533. The summed E-state index contributed by atoms with van der Waals surface area (Å²) in [6.07, 6.45) is 1.61. The first-order valence-corrected chi connectivity index (χ1v) is 7.61. The maximum Gasteiger partial charge on any atom is 0.314 e. The van der Waals surface area contributed by atoms with Gasteiger partial charge in [0.05, 0.1) is 11.1 Å². The highest BCUT2D eigenvalue weighted by molar-refractivity contribution is 6.30. The van der Waals surface area contributed by atoms with E-state index in [2.05, 4.69) is 4.98 Å². The zero-order chi connectivity index (χ0) is 16.3. The number of hydrogen-bond donors (Lipinski definition) is 2. The third-order valence-corrected chi connectivity index (χ3v) is 4.36. The molecule has 1 amide bonds. The molecule has 0 radical (unpaired) electrons. The second-order valence-corrected chi connectivity index (χ2v) is 6.04. The number of aromatic nitrogens is 1. The number of pyridine rings is 1. The number of carbonyl (C=O) groups is 2. The van der Waals surface area contributed by atoms with Gasteiger partial charge in [-0.2, -0.15) is 0 Å². The van der Waals surface area contributed by atoms with Crippen LogP contribution in [0.1, 0.15) is 36.7 Å². The molecule has 1 aliphatic rings. The largest absolute Gasteiger partial charge is 0.481 e. The predicted molar refractivity (Wildman–Crippen MR) is 80.8 cm³/mol. The topological polar surface area (TPSA) is 90.7 Å². The van der Waals surface area contributed by atoms with Gasteiger partial charge < -0.3 is 15.1 Å². The van der Waals surface area contributed by atoms with Crippen LogP contribution in [0.5, 0.6) is 0 Å². The SMILES string of the molecule is CCC[C@@]1(C(=O)O)CN(C(=O)c2ccc(Cl)cn2)CC[C@H]1O. The van der Waals surface area contributed by atoms with Crippen LogP contribution in [0.2, 0.25) is 5.02 Å². The number of amides is 1. The number of aliphatic hydroxyl groups is 1. The van der Waals surface area contributed by atoms with Crippen molar-refractivity contribution in [2.24, 2.45) is 5.41 Å². The third kappa shape index (κ3) is 3.08. The summed E-state index contributed by atoms with van der Waals surface area (Å²) in [5.74, 6) is -1.41. The van der Waals surface area contributed by atoms with Gasteiger partial charge in [0, 0.05) is 19.3 Å². The minimum absolute atomic E-state index is 0.0134. The molecule has 1 fully saturated rings. The number of likely N-dealkylation sites (tertiary alicyclic amines) is 1. The van der Waals surface area contributed by atoms with Crippen molar-refractivity contribution in [3.63, 3.8) is 0 Å². The Hall–Kier alpha value is -1.66. The van der Waals surface area contributed by atoms with Crippen molar-refractivity contribution < 1.29 is 19.8 Å². The predicted octanol–water partition coefficient (Wildman–Crippen LogP) is 1.81. The first-order valence-electron chi connectivity index (χ1n) is 7.23. The lowest BCUT2D eigenvalue weighted by Crippen LogP contribution is -2.57. The lowest BCUT2D eigenvalue weighted by Gasteiger charge is -2.43. The first kappa shape index (κ1) is 16.7. The first-order chi connectivity index (χ1) is 10.4. The van der Waals surface area contributed by atoms with Gasteiger partial charge in [0.2, 0.25) is 0 Å². The summed E-state index contributed by atoms with van der Waals surface area (Å²) in [7, 11) is 0. The Morgan fingerprint density at radius 2 is 2.23 bits per heavy atom. The summed E-state index contributed by atoms with van der Waals surface area (Å²) in [4.78, 5) is 29.6. The maximum absolute atomic E-state index is 12.5. The lowest BCUT2D eigenvalue weighted by atomic mass is 9.74. The van der Waals surface area contributed by atoms with E-state index in [-0.39, 0.29) is 24.6 Å². The number of halogens is 1. The molecule has 2 rings (SSSR count). The minimum atomic E-state index is -1.31. The molecule has 0 saturated carbocycles. The summed E-state index contributed by atoms with van der Waals surface area (Å²) < 4.78 is 0. The molecular weight excluding hydrogens is 308 g/mol. The highest BCUT2D eigenvalue weighted by Crippen LogP contribution is 2.36. The Morgan fingerprint density at radius 1 is 1.50 bits per heavy atom. The Kier molecular flexibility index (Phi) is 5.03. The van der Waals surface area contributed by atoms with Crippen molar-refractivity contribution >= 4 is 23.5 Å². The number of aliphatic carboxylic acids is 1. The van der Waals surface area contributed by atoms with Gasteiger partial charge in [-0.3, -0.25) is 9.59 Å². The molecule has 1 aliphatic heterocycles. The van der Waals surface area contributed by atoms with Gasteiger partial charge >= 0.3 is 5.97 Å². The van der Waals surface area contributed by atoms with E-state index < -0.39 is 17.5 Å². The van der Waals surface area contributed by atoms with Crippen LogP contribution in [0.15, 0.2) is 18.3 Å². The molecular formula is C15H19ClN2O4. The van der Waals surface area contributed by atoms with Crippen LogP contribution in [0.4, 0.5) is 0 Å². The van der Waals surface area contributed by atoms with Crippen molar-refractivity contribution in [1.29, 1.82) is 0 Å². The van der Waals surface area contributed by atoms with E-state index in [1.807, 2.05) is 6.92 Å². The molecule has 2 N–H and O–H groups in total. The average molecular weight is 327 g/mol. The third-order valence-electron chi connectivity index (χ3n) is 4.14.